The van der Waals surface area contributed by atoms with Crippen LogP contribution in [-0.2, 0) is 0 Å². The van der Waals surface area contributed by atoms with Crippen molar-refractivity contribution in [3.05, 3.63) is 211 Å². The van der Waals surface area contributed by atoms with Gasteiger partial charge in [0.05, 0.1) is 33.8 Å². The molecule has 0 bridgehead atoms. The van der Waals surface area contributed by atoms with Gasteiger partial charge in [0.15, 0.2) is 0 Å². The second-order valence-corrected chi connectivity index (χ2v) is 14.5. The van der Waals surface area contributed by atoms with Crippen LogP contribution >= 0.6 is 0 Å². The fourth-order valence-corrected chi connectivity index (χ4v) is 8.43. The van der Waals surface area contributed by atoms with E-state index in [4.69, 9.17) is 9.97 Å². The third-order valence-electron chi connectivity index (χ3n) is 11.1. The minimum absolute atomic E-state index is 0.0262. The highest BCUT2D eigenvalue weighted by Crippen LogP contribution is 2.42. The van der Waals surface area contributed by atoms with E-state index < -0.39 is 0 Å². The van der Waals surface area contributed by atoms with Gasteiger partial charge >= 0.3 is 0 Å². The topological polar surface area (TPSA) is 47.3 Å². The lowest BCUT2D eigenvalue weighted by atomic mass is 9.93. The molecule has 0 atom stereocenters. The van der Waals surface area contributed by atoms with E-state index in [1.165, 1.54) is 0 Å². The predicted octanol–water partition coefficient (Wildman–Crippen LogP) is 13.0. The number of nitrogens with zero attached hydrogens (tertiary/aromatic N) is 3. The van der Waals surface area contributed by atoms with Crippen molar-refractivity contribution in [3.63, 3.8) is 0 Å². The molecule has 11 aromatic rings. The first kappa shape index (κ1) is 32.7. The predicted molar refractivity (Wildman–Crippen MR) is 236 cm³/mol. The lowest BCUT2D eigenvalue weighted by Crippen LogP contribution is -2.13. The molecule has 11 rings (SSSR count). The van der Waals surface area contributed by atoms with Crippen LogP contribution in [0.3, 0.4) is 0 Å². The maximum Gasteiger partial charge on any atom is 0.263 e. The monoisotopic (exact) mass is 727 g/mol. The Bertz CT molecular complexity index is 3230. The number of benzene rings is 7. The molecule has 266 valence electrons. The van der Waals surface area contributed by atoms with E-state index in [0.29, 0.717) is 5.39 Å². The minimum atomic E-state index is -0.0262. The van der Waals surface area contributed by atoms with Gasteiger partial charge in [0.25, 0.3) is 5.56 Å². The Balaban J connectivity index is 1.18. The number of rotatable bonds is 6. The van der Waals surface area contributed by atoms with Gasteiger partial charge in [-0.1, -0.05) is 164 Å². The van der Waals surface area contributed by atoms with Gasteiger partial charge in [-0.05, 0) is 64.0 Å². The lowest BCUT2D eigenvalue weighted by molar-refractivity contribution is 1.21. The maximum absolute atomic E-state index is 14.8. The zero-order chi connectivity index (χ0) is 37.9. The summed E-state index contributed by atoms with van der Waals surface area (Å²) in [6, 6.07) is 68.9. The van der Waals surface area contributed by atoms with E-state index in [9.17, 15) is 4.79 Å². The molecule has 0 fully saturated rings. The van der Waals surface area contributed by atoms with Crippen LogP contribution in [0.5, 0.6) is 0 Å². The molecule has 0 aliphatic carbocycles. The summed E-state index contributed by atoms with van der Waals surface area (Å²) in [5, 5.41) is 4.75. The minimum Gasteiger partial charge on any atom is -0.275 e. The van der Waals surface area contributed by atoms with Gasteiger partial charge in [0.1, 0.15) is 0 Å². The summed E-state index contributed by atoms with van der Waals surface area (Å²) in [7, 11) is 0. The van der Waals surface area contributed by atoms with Crippen molar-refractivity contribution < 1.29 is 0 Å². The van der Waals surface area contributed by atoms with Gasteiger partial charge in [0, 0.05) is 43.8 Å². The largest absolute Gasteiger partial charge is 0.275 e. The highest BCUT2D eigenvalue weighted by molar-refractivity contribution is 6.24. The Morgan fingerprint density at radius 3 is 1.28 bits per heavy atom. The van der Waals surface area contributed by atoms with Crippen LogP contribution in [0.4, 0.5) is 0 Å². The molecule has 4 nitrogen and oxygen atoms in total. The molecule has 4 heterocycles. The molecule has 0 amide bonds. The van der Waals surface area contributed by atoms with Crippen LogP contribution in [-0.4, -0.2) is 14.4 Å². The highest BCUT2D eigenvalue weighted by atomic mass is 16.1. The molecular formula is C53H33N3O. The Morgan fingerprint density at radius 1 is 0.333 bits per heavy atom. The number of fused-ring (bicyclic) bond motifs is 5. The van der Waals surface area contributed by atoms with Crippen LogP contribution in [0.25, 0.3) is 105 Å². The second kappa shape index (κ2) is 13.3. The summed E-state index contributed by atoms with van der Waals surface area (Å²) < 4.78 is 1.95. The highest BCUT2D eigenvalue weighted by Gasteiger charge is 2.22. The Labute approximate surface area is 329 Å². The van der Waals surface area contributed by atoms with E-state index in [1.807, 2.05) is 95.4 Å². The third kappa shape index (κ3) is 5.50. The zero-order valence-corrected chi connectivity index (χ0v) is 30.8. The zero-order valence-electron chi connectivity index (χ0n) is 30.8. The van der Waals surface area contributed by atoms with Gasteiger partial charge in [-0.2, -0.15) is 0 Å². The SMILES string of the molecule is O=c1c2ccccc2c2c(-c3cc(-c4ccccc4)nc(-c4ccccc4)c3)ccc3c4ccc(-c5cc(-c6ccccc6)nc(-c6ccccc6)c5)cc4n1c32. The molecule has 0 unspecified atom stereocenters. The Hall–Kier alpha value is -7.69. The summed E-state index contributed by atoms with van der Waals surface area (Å²) in [5.74, 6) is 0. The molecule has 0 spiro atoms. The van der Waals surface area contributed by atoms with Crippen molar-refractivity contribution >= 4 is 38.0 Å². The molecule has 0 radical (unpaired) electrons. The quantitative estimate of drug-likeness (QED) is 0.160. The molecule has 7 aromatic carbocycles. The van der Waals surface area contributed by atoms with Crippen molar-refractivity contribution in [2.24, 2.45) is 0 Å². The number of pyridine rings is 3. The van der Waals surface area contributed by atoms with E-state index in [2.05, 4.69) is 109 Å². The van der Waals surface area contributed by atoms with E-state index >= 15 is 0 Å². The maximum atomic E-state index is 14.8. The van der Waals surface area contributed by atoms with Gasteiger partial charge in [-0.3, -0.25) is 9.20 Å². The summed E-state index contributed by atoms with van der Waals surface area (Å²) in [5.41, 5.74) is 13.7. The van der Waals surface area contributed by atoms with Gasteiger partial charge in [-0.25, -0.2) is 9.97 Å². The smallest absolute Gasteiger partial charge is 0.263 e. The van der Waals surface area contributed by atoms with Crippen LogP contribution in [0.15, 0.2) is 205 Å². The number of hydrogen-bond acceptors (Lipinski definition) is 3. The van der Waals surface area contributed by atoms with Crippen LogP contribution < -0.4 is 5.56 Å². The van der Waals surface area contributed by atoms with Crippen molar-refractivity contribution in [3.8, 4) is 67.3 Å². The number of aromatic nitrogens is 3. The van der Waals surface area contributed by atoms with Crippen LogP contribution in [0.2, 0.25) is 0 Å². The van der Waals surface area contributed by atoms with E-state index in [-0.39, 0.29) is 5.56 Å². The fourth-order valence-electron chi connectivity index (χ4n) is 8.43. The summed E-state index contributed by atoms with van der Waals surface area (Å²) in [4.78, 5) is 25.0. The molecule has 0 aliphatic heterocycles. The molecule has 0 saturated carbocycles. The third-order valence-corrected chi connectivity index (χ3v) is 11.1. The summed E-state index contributed by atoms with van der Waals surface area (Å²) >= 11 is 0. The molecule has 57 heavy (non-hydrogen) atoms. The molecule has 0 saturated heterocycles. The van der Waals surface area contributed by atoms with E-state index in [1.54, 1.807) is 0 Å². The summed E-state index contributed by atoms with van der Waals surface area (Å²) in [6.45, 7) is 0. The fraction of sp³-hybridized carbons (Fsp3) is 0. The van der Waals surface area contributed by atoms with Gasteiger partial charge in [0.2, 0.25) is 0 Å². The van der Waals surface area contributed by atoms with Crippen LogP contribution in [0, 0.1) is 0 Å². The van der Waals surface area contributed by atoms with Crippen molar-refractivity contribution in [2.75, 3.05) is 0 Å². The number of hydrogen-bond donors (Lipinski definition) is 0. The first-order valence-electron chi connectivity index (χ1n) is 19.2. The molecular weight excluding hydrogens is 695 g/mol. The standard InChI is InChI=1S/C53H33N3O/c57-53-45-24-14-13-23-43(45)51-41(40-31-48(36-19-9-3-10-20-36)55-49(32-40)37-21-11-4-12-22-37)27-28-44-42-26-25-38(33-50(42)56(53)52(44)51)39-29-46(34-15-5-1-6-16-34)54-47(30-39)35-17-7-2-8-18-35/h1-33H. The average Bonchev–Trinajstić information content (AvgIpc) is 3.63. The Morgan fingerprint density at radius 2 is 0.772 bits per heavy atom. The first-order valence-corrected chi connectivity index (χ1v) is 19.2. The van der Waals surface area contributed by atoms with E-state index in [0.717, 1.165) is 99.9 Å². The lowest BCUT2D eigenvalue weighted by Gasteiger charge is -2.14. The van der Waals surface area contributed by atoms with Crippen molar-refractivity contribution in [1.82, 2.24) is 14.4 Å². The normalized spacial score (nSPS) is 11.6. The average molecular weight is 728 g/mol. The Kier molecular flexibility index (Phi) is 7.61. The van der Waals surface area contributed by atoms with Crippen LogP contribution in [0.1, 0.15) is 0 Å². The molecule has 0 aliphatic rings. The second-order valence-electron chi connectivity index (χ2n) is 14.5. The first-order chi connectivity index (χ1) is 28.2. The molecule has 4 aromatic heterocycles. The van der Waals surface area contributed by atoms with Crippen molar-refractivity contribution in [1.29, 1.82) is 0 Å². The summed E-state index contributed by atoms with van der Waals surface area (Å²) in [6.07, 6.45) is 0. The van der Waals surface area contributed by atoms with Crippen molar-refractivity contribution in [2.45, 2.75) is 0 Å². The van der Waals surface area contributed by atoms with Gasteiger partial charge < -0.3 is 0 Å². The van der Waals surface area contributed by atoms with Gasteiger partial charge in [-0.15, -0.1) is 0 Å². The molecule has 4 heteroatoms. The molecule has 0 N–H and O–H groups in total.